The molecule has 0 heterocycles. The van der Waals surface area contributed by atoms with Gasteiger partial charge in [-0.3, -0.25) is 0 Å². The fourth-order valence-corrected chi connectivity index (χ4v) is 2.45. The van der Waals surface area contributed by atoms with E-state index in [2.05, 4.69) is 15.9 Å². The smallest absolute Gasteiger partial charge is 0.129 e. The highest BCUT2D eigenvalue weighted by molar-refractivity contribution is 9.10. The van der Waals surface area contributed by atoms with Crippen LogP contribution in [0.15, 0.2) is 40.9 Å². The van der Waals surface area contributed by atoms with E-state index in [1.807, 2.05) is 32.0 Å². The Labute approximate surface area is 126 Å². The van der Waals surface area contributed by atoms with Gasteiger partial charge in [0.1, 0.15) is 11.6 Å². The maximum absolute atomic E-state index is 14.1. The van der Waals surface area contributed by atoms with E-state index in [0.717, 1.165) is 11.1 Å². The molecule has 1 atom stereocenters. The number of hydrogen-bond acceptors (Lipinski definition) is 2. The van der Waals surface area contributed by atoms with Gasteiger partial charge in [0.2, 0.25) is 0 Å². The van der Waals surface area contributed by atoms with Crippen LogP contribution in [0, 0.1) is 12.7 Å². The summed E-state index contributed by atoms with van der Waals surface area (Å²) in [4.78, 5) is 0. The van der Waals surface area contributed by atoms with Crippen LogP contribution >= 0.6 is 15.9 Å². The molecule has 4 heteroatoms. The van der Waals surface area contributed by atoms with E-state index in [0.29, 0.717) is 22.4 Å². The van der Waals surface area contributed by atoms with Crippen LogP contribution in [0.2, 0.25) is 0 Å². The molecular formula is C16H17BrFNO. The summed E-state index contributed by atoms with van der Waals surface area (Å²) in [6.07, 6.45) is 0. The zero-order valence-electron chi connectivity index (χ0n) is 11.5. The van der Waals surface area contributed by atoms with E-state index in [1.165, 1.54) is 6.07 Å². The Kier molecular flexibility index (Phi) is 4.78. The average molecular weight is 338 g/mol. The van der Waals surface area contributed by atoms with Crippen molar-refractivity contribution in [2.24, 2.45) is 5.73 Å². The van der Waals surface area contributed by atoms with E-state index < -0.39 is 6.04 Å². The second-order valence-corrected chi connectivity index (χ2v) is 5.53. The molecule has 1 unspecified atom stereocenters. The van der Waals surface area contributed by atoms with E-state index in [9.17, 15) is 4.39 Å². The maximum atomic E-state index is 14.1. The minimum absolute atomic E-state index is 0.323. The van der Waals surface area contributed by atoms with Crippen LogP contribution in [-0.2, 0) is 0 Å². The quantitative estimate of drug-likeness (QED) is 0.900. The highest BCUT2D eigenvalue weighted by Crippen LogP contribution is 2.31. The lowest BCUT2D eigenvalue weighted by Gasteiger charge is -2.18. The molecule has 2 nitrogen and oxygen atoms in total. The Morgan fingerprint density at radius 2 is 1.95 bits per heavy atom. The summed E-state index contributed by atoms with van der Waals surface area (Å²) in [5.74, 6) is 0.378. The molecule has 0 radical (unpaired) electrons. The zero-order chi connectivity index (χ0) is 14.7. The summed E-state index contributed by atoms with van der Waals surface area (Å²) in [6, 6.07) is 10.1. The summed E-state index contributed by atoms with van der Waals surface area (Å²) in [7, 11) is 0. The average Bonchev–Trinajstić information content (AvgIpc) is 2.40. The van der Waals surface area contributed by atoms with Gasteiger partial charge in [0.25, 0.3) is 0 Å². The summed E-state index contributed by atoms with van der Waals surface area (Å²) in [5, 5.41) is 0. The summed E-state index contributed by atoms with van der Waals surface area (Å²) in [5.41, 5.74) is 8.56. The Morgan fingerprint density at radius 1 is 1.20 bits per heavy atom. The highest BCUT2D eigenvalue weighted by atomic mass is 79.9. The SMILES string of the molecule is CCOc1ccc(C)cc1C(N)c1ccc(Br)cc1F. The van der Waals surface area contributed by atoms with Crippen LogP contribution in [0.3, 0.4) is 0 Å². The number of ether oxygens (including phenoxy) is 1. The Balaban J connectivity index is 2.46. The van der Waals surface area contributed by atoms with Crippen LogP contribution in [-0.4, -0.2) is 6.61 Å². The predicted octanol–water partition coefficient (Wildman–Crippen LogP) is 4.34. The first kappa shape index (κ1) is 15.0. The first-order valence-corrected chi connectivity index (χ1v) is 7.26. The van der Waals surface area contributed by atoms with Gasteiger partial charge in [-0.05, 0) is 32.0 Å². The molecular weight excluding hydrogens is 321 g/mol. The minimum atomic E-state index is -0.551. The van der Waals surface area contributed by atoms with Crippen molar-refractivity contribution in [2.45, 2.75) is 19.9 Å². The molecule has 0 saturated carbocycles. The lowest BCUT2D eigenvalue weighted by molar-refractivity contribution is 0.335. The molecule has 0 aliphatic heterocycles. The van der Waals surface area contributed by atoms with E-state index in [4.69, 9.17) is 10.5 Å². The summed E-state index contributed by atoms with van der Waals surface area (Å²) < 4.78 is 20.3. The predicted molar refractivity (Wildman–Crippen MR) is 82.5 cm³/mol. The number of benzene rings is 2. The molecule has 2 aromatic rings. The third-order valence-corrected chi connectivity index (χ3v) is 3.59. The van der Waals surface area contributed by atoms with Crippen LogP contribution in [0.5, 0.6) is 5.75 Å². The second-order valence-electron chi connectivity index (χ2n) is 4.62. The second kappa shape index (κ2) is 6.37. The molecule has 106 valence electrons. The van der Waals surface area contributed by atoms with E-state index in [1.54, 1.807) is 12.1 Å². The topological polar surface area (TPSA) is 35.2 Å². The fraction of sp³-hybridized carbons (Fsp3) is 0.250. The lowest BCUT2D eigenvalue weighted by Crippen LogP contribution is -2.15. The summed E-state index contributed by atoms with van der Waals surface area (Å²) in [6.45, 7) is 4.44. The molecule has 2 rings (SSSR count). The van der Waals surface area contributed by atoms with Gasteiger partial charge in [0.05, 0.1) is 12.6 Å². The van der Waals surface area contributed by atoms with Crippen molar-refractivity contribution in [1.29, 1.82) is 0 Å². The first-order valence-electron chi connectivity index (χ1n) is 6.46. The lowest BCUT2D eigenvalue weighted by atomic mass is 9.97. The van der Waals surface area contributed by atoms with Gasteiger partial charge in [-0.15, -0.1) is 0 Å². The van der Waals surface area contributed by atoms with Gasteiger partial charge in [0.15, 0.2) is 0 Å². The normalized spacial score (nSPS) is 12.2. The third-order valence-electron chi connectivity index (χ3n) is 3.10. The number of rotatable bonds is 4. The van der Waals surface area contributed by atoms with Gasteiger partial charge < -0.3 is 10.5 Å². The van der Waals surface area contributed by atoms with Crippen molar-refractivity contribution < 1.29 is 9.13 Å². The Bertz CT molecular complexity index is 615. The van der Waals surface area contributed by atoms with Crippen LogP contribution in [0.4, 0.5) is 4.39 Å². The van der Waals surface area contributed by atoms with Gasteiger partial charge in [0, 0.05) is 15.6 Å². The fourth-order valence-electron chi connectivity index (χ4n) is 2.12. The number of aryl methyl sites for hydroxylation is 1. The van der Waals surface area contributed by atoms with Crippen molar-refractivity contribution in [3.63, 3.8) is 0 Å². The standard InChI is InChI=1S/C16H17BrFNO/c1-3-20-15-7-4-10(2)8-13(15)16(19)12-6-5-11(17)9-14(12)18/h4-9,16H,3,19H2,1-2H3. The Morgan fingerprint density at radius 3 is 2.60 bits per heavy atom. The van der Waals surface area contributed by atoms with E-state index in [-0.39, 0.29) is 5.82 Å². The van der Waals surface area contributed by atoms with Gasteiger partial charge in [-0.2, -0.15) is 0 Å². The van der Waals surface area contributed by atoms with E-state index >= 15 is 0 Å². The third kappa shape index (κ3) is 3.19. The molecule has 2 N–H and O–H groups in total. The van der Waals surface area contributed by atoms with Gasteiger partial charge in [-0.25, -0.2) is 4.39 Å². The van der Waals surface area contributed by atoms with Crippen molar-refractivity contribution in [3.05, 3.63) is 63.4 Å². The summed E-state index contributed by atoms with van der Waals surface area (Å²) >= 11 is 3.25. The number of halogens is 2. The van der Waals surface area contributed by atoms with Crippen molar-refractivity contribution in [2.75, 3.05) is 6.61 Å². The van der Waals surface area contributed by atoms with Gasteiger partial charge in [-0.1, -0.05) is 39.7 Å². The number of nitrogens with two attached hydrogens (primary N) is 1. The molecule has 0 spiro atoms. The highest BCUT2D eigenvalue weighted by Gasteiger charge is 2.18. The molecule has 0 aliphatic carbocycles. The van der Waals surface area contributed by atoms with Crippen LogP contribution in [0.25, 0.3) is 0 Å². The van der Waals surface area contributed by atoms with Crippen molar-refractivity contribution >= 4 is 15.9 Å². The molecule has 0 aromatic heterocycles. The number of hydrogen-bond donors (Lipinski definition) is 1. The molecule has 0 saturated heterocycles. The molecule has 2 aromatic carbocycles. The minimum Gasteiger partial charge on any atom is -0.494 e. The molecule has 20 heavy (non-hydrogen) atoms. The van der Waals surface area contributed by atoms with Crippen molar-refractivity contribution in [3.8, 4) is 5.75 Å². The molecule has 0 fully saturated rings. The Hall–Kier alpha value is -1.39. The molecule has 0 bridgehead atoms. The maximum Gasteiger partial charge on any atom is 0.129 e. The molecule has 0 aliphatic rings. The van der Waals surface area contributed by atoms with Crippen molar-refractivity contribution in [1.82, 2.24) is 0 Å². The first-order chi connectivity index (χ1) is 9.52. The van der Waals surface area contributed by atoms with Gasteiger partial charge >= 0.3 is 0 Å². The van der Waals surface area contributed by atoms with Crippen LogP contribution < -0.4 is 10.5 Å². The zero-order valence-corrected chi connectivity index (χ0v) is 13.1. The largest absolute Gasteiger partial charge is 0.494 e. The van der Waals surface area contributed by atoms with Crippen LogP contribution in [0.1, 0.15) is 29.7 Å². The molecule has 0 amide bonds. The monoisotopic (exact) mass is 337 g/mol.